The zero-order chi connectivity index (χ0) is 21.0. The molecule has 0 aliphatic carbocycles. The molecule has 7 nitrogen and oxygen atoms in total. The zero-order valence-electron chi connectivity index (χ0n) is 15.8. The highest BCUT2D eigenvalue weighted by atomic mass is 32.2. The molecule has 3 aromatic rings. The van der Waals surface area contributed by atoms with E-state index in [0.717, 1.165) is 46.8 Å². The highest BCUT2D eigenvalue weighted by Crippen LogP contribution is 2.24. The van der Waals surface area contributed by atoms with Crippen LogP contribution in [0.25, 0.3) is 0 Å². The summed E-state index contributed by atoms with van der Waals surface area (Å²) in [5.74, 6) is 5.05. The summed E-state index contributed by atoms with van der Waals surface area (Å²) in [6, 6.07) is 8.62. The number of rotatable bonds is 7. The fourth-order valence-corrected chi connectivity index (χ4v) is 3.30. The Morgan fingerprint density at radius 3 is 2.48 bits per heavy atom. The Labute approximate surface area is 170 Å². The van der Waals surface area contributed by atoms with Gasteiger partial charge in [-0.25, -0.2) is 13.5 Å². The summed E-state index contributed by atoms with van der Waals surface area (Å²) in [4.78, 5) is 12.0. The monoisotopic (exact) mass is 419 g/mol. The van der Waals surface area contributed by atoms with Gasteiger partial charge in [-0.3, -0.25) is 4.79 Å². The standard InChI is InChI=1S/C19H19F2N5O2S/c1-11-4-3-5-12(2)18(11)28-9-16-24-25-19(26(16)22)29-10-17(27)23-15-7-13(20)6-14(21)8-15/h3-8H,9-10,22H2,1-2H3,(H,23,27). The quantitative estimate of drug-likeness (QED) is 0.451. The molecule has 10 heteroatoms. The molecule has 0 radical (unpaired) electrons. The number of nitrogens with two attached hydrogens (primary N) is 1. The second-order valence-electron chi connectivity index (χ2n) is 6.27. The summed E-state index contributed by atoms with van der Waals surface area (Å²) < 4.78 is 33.4. The number of hydrogen-bond donors (Lipinski definition) is 2. The fraction of sp³-hybridized carbons (Fsp3) is 0.211. The molecule has 1 amide bonds. The molecule has 2 aromatic carbocycles. The number of carbonyl (C=O) groups is 1. The maximum atomic E-state index is 13.2. The number of halogens is 2. The first-order chi connectivity index (χ1) is 13.8. The number of aryl methyl sites for hydroxylation is 2. The Morgan fingerprint density at radius 1 is 1.17 bits per heavy atom. The van der Waals surface area contributed by atoms with Crippen LogP contribution in [0.2, 0.25) is 0 Å². The van der Waals surface area contributed by atoms with E-state index in [1.165, 1.54) is 4.68 Å². The Kier molecular flexibility index (Phi) is 6.32. The largest absolute Gasteiger partial charge is 0.485 e. The molecule has 0 aliphatic heterocycles. The number of amides is 1. The molecule has 0 atom stereocenters. The molecule has 3 rings (SSSR count). The summed E-state index contributed by atoms with van der Waals surface area (Å²) >= 11 is 1.04. The van der Waals surface area contributed by atoms with E-state index in [1.807, 2.05) is 32.0 Å². The molecule has 0 unspecified atom stereocenters. The first-order valence-electron chi connectivity index (χ1n) is 8.60. The predicted molar refractivity (Wildman–Crippen MR) is 106 cm³/mol. The second kappa shape index (κ2) is 8.91. The number of thioether (sulfide) groups is 1. The van der Waals surface area contributed by atoms with Crippen LogP contribution >= 0.6 is 11.8 Å². The lowest BCUT2D eigenvalue weighted by molar-refractivity contribution is -0.113. The van der Waals surface area contributed by atoms with Crippen molar-refractivity contribution in [3.63, 3.8) is 0 Å². The van der Waals surface area contributed by atoms with Gasteiger partial charge in [0, 0.05) is 11.8 Å². The van der Waals surface area contributed by atoms with E-state index in [0.29, 0.717) is 11.0 Å². The number of nitrogens with one attached hydrogen (secondary N) is 1. The SMILES string of the molecule is Cc1cccc(C)c1OCc1nnc(SCC(=O)Nc2cc(F)cc(F)c2)n1N. The van der Waals surface area contributed by atoms with Crippen molar-refractivity contribution < 1.29 is 18.3 Å². The molecule has 0 fully saturated rings. The highest BCUT2D eigenvalue weighted by Gasteiger charge is 2.14. The Balaban J connectivity index is 1.57. The first-order valence-corrected chi connectivity index (χ1v) is 9.59. The van der Waals surface area contributed by atoms with E-state index in [9.17, 15) is 13.6 Å². The number of anilines is 1. The lowest BCUT2D eigenvalue weighted by Gasteiger charge is -2.11. The summed E-state index contributed by atoms with van der Waals surface area (Å²) in [7, 11) is 0. The van der Waals surface area contributed by atoms with Crippen LogP contribution in [-0.2, 0) is 11.4 Å². The second-order valence-corrected chi connectivity index (χ2v) is 7.22. The van der Waals surface area contributed by atoms with Gasteiger partial charge < -0.3 is 15.9 Å². The zero-order valence-corrected chi connectivity index (χ0v) is 16.6. The molecule has 152 valence electrons. The number of nitrogens with zero attached hydrogens (tertiary/aromatic N) is 3. The molecule has 0 bridgehead atoms. The van der Waals surface area contributed by atoms with Crippen molar-refractivity contribution in [2.75, 3.05) is 16.9 Å². The third-order valence-electron chi connectivity index (χ3n) is 3.97. The predicted octanol–water partition coefficient (Wildman–Crippen LogP) is 3.20. The molecular formula is C19H19F2N5O2S. The Bertz CT molecular complexity index is 1000. The van der Waals surface area contributed by atoms with Gasteiger partial charge >= 0.3 is 0 Å². The van der Waals surface area contributed by atoms with Crippen molar-refractivity contribution in [2.24, 2.45) is 0 Å². The van der Waals surface area contributed by atoms with Crippen LogP contribution in [0.4, 0.5) is 14.5 Å². The molecule has 0 aliphatic rings. The van der Waals surface area contributed by atoms with Gasteiger partial charge in [0.15, 0.2) is 5.82 Å². The van der Waals surface area contributed by atoms with Gasteiger partial charge in [0.25, 0.3) is 0 Å². The van der Waals surface area contributed by atoms with Crippen molar-refractivity contribution in [3.05, 3.63) is 65.0 Å². The number of para-hydroxylation sites is 1. The molecular weight excluding hydrogens is 400 g/mol. The van der Waals surface area contributed by atoms with Crippen LogP contribution in [0.5, 0.6) is 5.75 Å². The van der Waals surface area contributed by atoms with Crippen LogP contribution in [0, 0.1) is 25.5 Å². The first kappa shape index (κ1) is 20.6. The van der Waals surface area contributed by atoms with Crippen molar-refractivity contribution >= 4 is 23.4 Å². The molecule has 0 saturated carbocycles. The van der Waals surface area contributed by atoms with Crippen LogP contribution in [0.3, 0.4) is 0 Å². The molecule has 1 aromatic heterocycles. The third-order valence-corrected chi connectivity index (χ3v) is 4.91. The Morgan fingerprint density at radius 2 is 1.83 bits per heavy atom. The number of ether oxygens (including phenoxy) is 1. The minimum atomic E-state index is -0.775. The number of carbonyl (C=O) groups excluding carboxylic acids is 1. The van der Waals surface area contributed by atoms with Crippen molar-refractivity contribution in [3.8, 4) is 5.75 Å². The van der Waals surface area contributed by atoms with E-state index < -0.39 is 17.5 Å². The van der Waals surface area contributed by atoms with Gasteiger partial charge in [-0.05, 0) is 37.1 Å². The smallest absolute Gasteiger partial charge is 0.234 e. The van der Waals surface area contributed by atoms with Gasteiger partial charge in [-0.2, -0.15) is 0 Å². The average molecular weight is 419 g/mol. The van der Waals surface area contributed by atoms with Gasteiger partial charge in [0.2, 0.25) is 11.1 Å². The van der Waals surface area contributed by atoms with Gasteiger partial charge in [-0.15, -0.1) is 10.2 Å². The lowest BCUT2D eigenvalue weighted by Crippen LogP contribution is -2.18. The van der Waals surface area contributed by atoms with Crippen LogP contribution in [-0.4, -0.2) is 26.5 Å². The maximum absolute atomic E-state index is 13.2. The van der Waals surface area contributed by atoms with E-state index in [4.69, 9.17) is 10.6 Å². The average Bonchev–Trinajstić information content (AvgIpc) is 2.98. The minimum Gasteiger partial charge on any atom is -0.485 e. The lowest BCUT2D eigenvalue weighted by atomic mass is 10.1. The number of hydrogen-bond acceptors (Lipinski definition) is 6. The maximum Gasteiger partial charge on any atom is 0.234 e. The van der Waals surface area contributed by atoms with Crippen LogP contribution < -0.4 is 15.9 Å². The summed E-state index contributed by atoms with van der Waals surface area (Å²) in [5, 5.41) is 10.7. The van der Waals surface area contributed by atoms with E-state index >= 15 is 0 Å². The Hall–Kier alpha value is -3.14. The molecule has 3 N–H and O–H groups in total. The topological polar surface area (TPSA) is 95.1 Å². The normalized spacial score (nSPS) is 10.8. The summed E-state index contributed by atoms with van der Waals surface area (Å²) in [6.07, 6.45) is 0. The van der Waals surface area contributed by atoms with Gasteiger partial charge in [0.05, 0.1) is 5.75 Å². The van der Waals surface area contributed by atoms with Gasteiger partial charge in [-0.1, -0.05) is 30.0 Å². The van der Waals surface area contributed by atoms with Crippen molar-refractivity contribution in [2.45, 2.75) is 25.6 Å². The highest BCUT2D eigenvalue weighted by molar-refractivity contribution is 7.99. The van der Waals surface area contributed by atoms with Crippen molar-refractivity contribution in [1.29, 1.82) is 0 Å². The van der Waals surface area contributed by atoms with Crippen LogP contribution in [0.15, 0.2) is 41.6 Å². The number of benzene rings is 2. The summed E-state index contributed by atoms with van der Waals surface area (Å²) in [6.45, 7) is 4.00. The molecule has 0 spiro atoms. The molecule has 0 saturated heterocycles. The molecule has 29 heavy (non-hydrogen) atoms. The number of nitrogen functional groups attached to an aromatic ring is 1. The van der Waals surface area contributed by atoms with E-state index in [2.05, 4.69) is 15.5 Å². The number of aromatic nitrogens is 3. The van der Waals surface area contributed by atoms with E-state index in [1.54, 1.807) is 0 Å². The summed E-state index contributed by atoms with van der Waals surface area (Å²) in [5.41, 5.74) is 2.02. The van der Waals surface area contributed by atoms with E-state index in [-0.39, 0.29) is 18.0 Å². The molecule has 1 heterocycles. The van der Waals surface area contributed by atoms with Gasteiger partial charge in [0.1, 0.15) is 24.0 Å². The van der Waals surface area contributed by atoms with Crippen LogP contribution in [0.1, 0.15) is 17.0 Å². The fourth-order valence-electron chi connectivity index (χ4n) is 2.62. The third kappa shape index (κ3) is 5.23. The van der Waals surface area contributed by atoms with Crippen molar-refractivity contribution in [1.82, 2.24) is 14.9 Å². The minimum absolute atomic E-state index is 0.0324.